The number of rotatable bonds is 7. The first-order valence-electron chi connectivity index (χ1n) is 9.32. The summed E-state index contributed by atoms with van der Waals surface area (Å²) in [5, 5.41) is 3.83. The lowest BCUT2D eigenvalue weighted by Gasteiger charge is -2.14. The van der Waals surface area contributed by atoms with Crippen LogP contribution >= 0.6 is 27.3 Å². The van der Waals surface area contributed by atoms with Crippen LogP contribution in [-0.2, 0) is 4.74 Å². The van der Waals surface area contributed by atoms with E-state index in [-0.39, 0.29) is 6.04 Å². The Balaban J connectivity index is 1.57. The fourth-order valence-electron chi connectivity index (χ4n) is 3.17. The topological polar surface area (TPSA) is 100 Å². The van der Waals surface area contributed by atoms with Crippen LogP contribution in [0.15, 0.2) is 45.9 Å². The third-order valence-electron chi connectivity index (χ3n) is 4.67. The second kappa shape index (κ2) is 9.03. The number of methoxy groups -OCH3 is 3. The van der Waals surface area contributed by atoms with Crippen molar-refractivity contribution in [3.05, 3.63) is 51.3 Å². The molecule has 162 valence electrons. The van der Waals surface area contributed by atoms with Crippen LogP contribution < -0.4 is 25.3 Å². The lowest BCUT2D eigenvalue weighted by Crippen LogP contribution is -2.02. The lowest BCUT2D eigenvalue weighted by molar-refractivity contribution is 0.320. The molecule has 1 atom stereocenters. The number of nitrogens with one attached hydrogen (secondary N) is 1. The van der Waals surface area contributed by atoms with Gasteiger partial charge in [0.05, 0.1) is 21.3 Å². The zero-order valence-corrected chi connectivity index (χ0v) is 19.5. The molecule has 0 aliphatic carbocycles. The van der Waals surface area contributed by atoms with Gasteiger partial charge in [-0.15, -0.1) is 0 Å². The molecular formula is C21H21BrN4O4S. The van der Waals surface area contributed by atoms with E-state index in [1.54, 1.807) is 33.5 Å². The maximum atomic E-state index is 6.16. The standard InChI is InChI=1S/C21H21BrN4O4S/c1-27-15-8-13(9-16(28-2)17(15)29-3)24-21-26-19(23)18(31-21)20-25-14(10-30-20)11-4-6-12(22)7-5-11/h4-9,14H,10,23H2,1-3H3,(H,24,26). The number of anilines is 3. The van der Waals surface area contributed by atoms with Crippen molar-refractivity contribution in [2.45, 2.75) is 6.04 Å². The van der Waals surface area contributed by atoms with E-state index >= 15 is 0 Å². The highest BCUT2D eigenvalue weighted by molar-refractivity contribution is 9.10. The van der Waals surface area contributed by atoms with Crippen molar-refractivity contribution in [3.8, 4) is 17.2 Å². The molecule has 10 heteroatoms. The average molecular weight is 505 g/mol. The van der Waals surface area contributed by atoms with E-state index in [9.17, 15) is 0 Å². The van der Waals surface area contributed by atoms with Crippen molar-refractivity contribution >= 4 is 49.8 Å². The van der Waals surface area contributed by atoms with Gasteiger partial charge in [0, 0.05) is 22.3 Å². The van der Waals surface area contributed by atoms with Crippen molar-refractivity contribution in [2.24, 2.45) is 4.99 Å². The Labute approximate surface area is 192 Å². The second-order valence-electron chi connectivity index (χ2n) is 6.59. The highest BCUT2D eigenvalue weighted by Crippen LogP contribution is 2.41. The summed E-state index contributed by atoms with van der Waals surface area (Å²) >= 11 is 4.81. The van der Waals surface area contributed by atoms with Gasteiger partial charge in [-0.25, -0.2) is 9.98 Å². The summed E-state index contributed by atoms with van der Waals surface area (Å²) in [7, 11) is 4.70. The number of hydrogen-bond acceptors (Lipinski definition) is 9. The molecular weight excluding hydrogens is 484 g/mol. The Bertz CT molecular complexity index is 1090. The van der Waals surface area contributed by atoms with Gasteiger partial charge in [-0.2, -0.15) is 0 Å². The Hall–Kier alpha value is -2.98. The molecule has 0 bridgehead atoms. The van der Waals surface area contributed by atoms with Crippen LogP contribution in [0.1, 0.15) is 16.5 Å². The van der Waals surface area contributed by atoms with Crippen LogP contribution in [0.2, 0.25) is 0 Å². The minimum atomic E-state index is -0.0730. The van der Waals surface area contributed by atoms with Crippen LogP contribution in [0.3, 0.4) is 0 Å². The summed E-state index contributed by atoms with van der Waals surface area (Å²) in [5.41, 5.74) is 7.96. The quantitative estimate of drug-likeness (QED) is 0.477. The number of aliphatic imine (C=N–C) groups is 1. The van der Waals surface area contributed by atoms with Gasteiger partial charge in [-0.1, -0.05) is 39.4 Å². The van der Waals surface area contributed by atoms with Crippen molar-refractivity contribution in [1.82, 2.24) is 4.98 Å². The molecule has 1 aromatic heterocycles. The molecule has 1 unspecified atom stereocenters. The number of halogens is 1. The van der Waals surface area contributed by atoms with E-state index in [0.29, 0.717) is 45.6 Å². The molecule has 2 aromatic carbocycles. The molecule has 0 saturated heterocycles. The van der Waals surface area contributed by atoms with Gasteiger partial charge in [0.2, 0.25) is 11.6 Å². The zero-order valence-electron chi connectivity index (χ0n) is 17.1. The fraction of sp³-hybridized carbons (Fsp3) is 0.238. The second-order valence-corrected chi connectivity index (χ2v) is 8.50. The molecule has 4 rings (SSSR count). The van der Waals surface area contributed by atoms with Crippen LogP contribution in [0, 0.1) is 0 Å². The molecule has 0 amide bonds. The Morgan fingerprint density at radius 1 is 1.10 bits per heavy atom. The normalized spacial score (nSPS) is 15.2. The van der Waals surface area contributed by atoms with Crippen molar-refractivity contribution < 1.29 is 18.9 Å². The van der Waals surface area contributed by atoms with E-state index in [1.165, 1.54) is 11.3 Å². The summed E-state index contributed by atoms with van der Waals surface area (Å²) in [6, 6.07) is 11.6. The summed E-state index contributed by atoms with van der Waals surface area (Å²) in [4.78, 5) is 9.81. The Morgan fingerprint density at radius 2 is 1.77 bits per heavy atom. The molecule has 0 fully saturated rings. The molecule has 8 nitrogen and oxygen atoms in total. The predicted octanol–water partition coefficient (Wildman–Crippen LogP) is 4.78. The molecule has 1 aliphatic heterocycles. The van der Waals surface area contributed by atoms with Gasteiger partial charge < -0.3 is 30.0 Å². The molecule has 1 aliphatic rings. The maximum Gasteiger partial charge on any atom is 0.231 e. The Kier molecular flexibility index (Phi) is 6.19. The first-order valence-corrected chi connectivity index (χ1v) is 10.9. The molecule has 0 spiro atoms. The minimum absolute atomic E-state index is 0.0730. The number of aromatic nitrogens is 1. The number of benzene rings is 2. The van der Waals surface area contributed by atoms with E-state index in [1.807, 2.05) is 24.3 Å². The average Bonchev–Trinajstić information content (AvgIpc) is 3.40. The number of thiazole rings is 1. The summed E-state index contributed by atoms with van der Waals surface area (Å²) in [5.74, 6) is 2.45. The maximum absolute atomic E-state index is 6.16. The van der Waals surface area contributed by atoms with Gasteiger partial charge in [0.15, 0.2) is 16.6 Å². The first-order chi connectivity index (χ1) is 15.0. The molecule has 3 aromatic rings. The zero-order chi connectivity index (χ0) is 22.0. The smallest absolute Gasteiger partial charge is 0.231 e. The molecule has 2 heterocycles. The van der Waals surface area contributed by atoms with E-state index in [4.69, 9.17) is 29.7 Å². The van der Waals surface area contributed by atoms with Crippen molar-refractivity contribution in [3.63, 3.8) is 0 Å². The molecule has 3 N–H and O–H groups in total. The highest BCUT2D eigenvalue weighted by Gasteiger charge is 2.26. The lowest BCUT2D eigenvalue weighted by atomic mass is 10.1. The molecule has 0 radical (unpaired) electrons. The van der Waals surface area contributed by atoms with Crippen LogP contribution in [0.25, 0.3) is 0 Å². The number of nitrogens with two attached hydrogens (primary N) is 1. The van der Waals surface area contributed by atoms with Crippen molar-refractivity contribution in [2.75, 3.05) is 39.0 Å². The van der Waals surface area contributed by atoms with Crippen LogP contribution in [0.4, 0.5) is 16.6 Å². The number of nitrogen functional groups attached to an aromatic ring is 1. The van der Waals surface area contributed by atoms with Gasteiger partial charge in [0.1, 0.15) is 23.3 Å². The highest BCUT2D eigenvalue weighted by atomic mass is 79.9. The number of hydrogen-bond donors (Lipinski definition) is 2. The van der Waals surface area contributed by atoms with Crippen LogP contribution in [0.5, 0.6) is 17.2 Å². The number of nitrogens with zero attached hydrogens (tertiary/aromatic N) is 2. The monoisotopic (exact) mass is 504 g/mol. The SMILES string of the molecule is COc1cc(Nc2nc(N)c(C3=NC(c4ccc(Br)cc4)CO3)s2)cc(OC)c1OC. The fourth-order valence-corrected chi connectivity index (χ4v) is 4.29. The summed E-state index contributed by atoms with van der Waals surface area (Å²) < 4.78 is 23.0. The molecule has 31 heavy (non-hydrogen) atoms. The summed E-state index contributed by atoms with van der Waals surface area (Å²) in [6.07, 6.45) is 0. The molecule has 0 saturated carbocycles. The Morgan fingerprint density at radius 3 is 2.39 bits per heavy atom. The number of ether oxygens (including phenoxy) is 4. The van der Waals surface area contributed by atoms with E-state index < -0.39 is 0 Å². The minimum Gasteiger partial charge on any atom is -0.493 e. The van der Waals surface area contributed by atoms with Gasteiger partial charge in [-0.3, -0.25) is 0 Å². The van der Waals surface area contributed by atoms with E-state index in [0.717, 1.165) is 15.7 Å². The van der Waals surface area contributed by atoms with Gasteiger partial charge >= 0.3 is 0 Å². The largest absolute Gasteiger partial charge is 0.493 e. The van der Waals surface area contributed by atoms with Crippen LogP contribution in [-0.4, -0.2) is 38.8 Å². The van der Waals surface area contributed by atoms with Gasteiger partial charge in [-0.05, 0) is 17.7 Å². The third kappa shape index (κ3) is 4.40. The van der Waals surface area contributed by atoms with Gasteiger partial charge in [0.25, 0.3) is 0 Å². The summed E-state index contributed by atoms with van der Waals surface area (Å²) in [6.45, 7) is 0.462. The first kappa shape index (κ1) is 21.3. The third-order valence-corrected chi connectivity index (χ3v) is 6.17. The predicted molar refractivity (Wildman–Crippen MR) is 125 cm³/mol. The van der Waals surface area contributed by atoms with Crippen molar-refractivity contribution in [1.29, 1.82) is 0 Å². The van der Waals surface area contributed by atoms with E-state index in [2.05, 4.69) is 26.2 Å².